The maximum absolute atomic E-state index is 12.1. The fourth-order valence-corrected chi connectivity index (χ4v) is 2.42. The Morgan fingerprint density at radius 2 is 1.77 bits per heavy atom. The fraction of sp³-hybridized carbons (Fsp3) is 0.0625. The third-order valence-electron chi connectivity index (χ3n) is 3.66. The summed E-state index contributed by atoms with van der Waals surface area (Å²) in [7, 11) is 0. The number of nitrogens with zero attached hydrogens (tertiary/aromatic N) is 4. The van der Waals surface area contributed by atoms with Gasteiger partial charge < -0.3 is 0 Å². The largest absolute Gasteiger partial charge is 0.277 e. The summed E-state index contributed by atoms with van der Waals surface area (Å²) in [5.74, 6) is -1.01. The van der Waals surface area contributed by atoms with E-state index >= 15 is 0 Å². The lowest BCUT2D eigenvalue weighted by Crippen LogP contribution is -2.18. The van der Waals surface area contributed by atoms with E-state index in [9.17, 15) is 25.0 Å². The summed E-state index contributed by atoms with van der Waals surface area (Å²) in [4.78, 5) is 36.4. The molecule has 10 nitrogen and oxygen atoms in total. The molecule has 3 rings (SSSR count). The SMILES string of the molecule is O=C(N/N=C/C1C=Nc2ccccc21)c1cc([N+](=O)[O-])cc([N+](=O)[O-])c1. The molecule has 0 aliphatic carbocycles. The average molecular weight is 353 g/mol. The van der Waals surface area contributed by atoms with Crippen LogP contribution >= 0.6 is 0 Å². The molecule has 0 saturated heterocycles. The van der Waals surface area contributed by atoms with Gasteiger partial charge in [0.05, 0.1) is 33.1 Å². The van der Waals surface area contributed by atoms with Crippen molar-refractivity contribution < 1.29 is 14.6 Å². The minimum atomic E-state index is -0.807. The number of hydrazone groups is 1. The summed E-state index contributed by atoms with van der Waals surface area (Å²) < 4.78 is 0. The first-order valence-corrected chi connectivity index (χ1v) is 7.36. The lowest BCUT2D eigenvalue weighted by Gasteiger charge is -2.03. The van der Waals surface area contributed by atoms with Crippen molar-refractivity contribution in [3.63, 3.8) is 0 Å². The van der Waals surface area contributed by atoms with E-state index in [0.29, 0.717) is 0 Å². The van der Waals surface area contributed by atoms with Crippen LogP contribution in [0.25, 0.3) is 0 Å². The molecule has 0 aromatic heterocycles. The molecule has 0 saturated carbocycles. The molecular weight excluding hydrogens is 342 g/mol. The topological polar surface area (TPSA) is 140 Å². The molecule has 1 atom stereocenters. The number of amides is 1. The van der Waals surface area contributed by atoms with Gasteiger partial charge in [-0.3, -0.25) is 30.0 Å². The van der Waals surface area contributed by atoms with E-state index in [1.165, 1.54) is 6.21 Å². The van der Waals surface area contributed by atoms with Crippen molar-refractivity contribution >= 4 is 35.4 Å². The van der Waals surface area contributed by atoms with Crippen LogP contribution in [0, 0.1) is 20.2 Å². The van der Waals surface area contributed by atoms with Gasteiger partial charge in [0.15, 0.2) is 0 Å². The molecular formula is C16H11N5O5. The van der Waals surface area contributed by atoms with Crippen molar-refractivity contribution in [1.82, 2.24) is 5.43 Å². The number of carbonyl (C=O) groups excluding carboxylic acids is 1. The van der Waals surface area contributed by atoms with E-state index in [1.807, 2.05) is 24.3 Å². The van der Waals surface area contributed by atoms with Crippen LogP contribution in [0.15, 0.2) is 52.6 Å². The van der Waals surface area contributed by atoms with Crippen LogP contribution < -0.4 is 5.43 Å². The van der Waals surface area contributed by atoms with Crippen molar-refractivity contribution in [2.45, 2.75) is 5.92 Å². The summed E-state index contributed by atoms with van der Waals surface area (Å²) in [6, 6.07) is 10.1. The van der Waals surface area contributed by atoms with Crippen LogP contribution in [0.3, 0.4) is 0 Å². The van der Waals surface area contributed by atoms with Crippen LogP contribution in [0.1, 0.15) is 21.8 Å². The standard InChI is InChI=1S/C16H11N5O5/c22-16(10-5-12(20(23)24)7-13(6-10)21(25)26)19-18-9-11-8-17-15-4-2-1-3-14(11)15/h1-9,11H,(H,19,22)/b18-9+. The number of nitrogens with one attached hydrogen (secondary N) is 1. The quantitative estimate of drug-likeness (QED) is 0.500. The van der Waals surface area contributed by atoms with Gasteiger partial charge in [-0.25, -0.2) is 5.43 Å². The van der Waals surface area contributed by atoms with Crippen LogP contribution in [0.4, 0.5) is 17.1 Å². The zero-order chi connectivity index (χ0) is 18.7. The number of hydrogen-bond acceptors (Lipinski definition) is 7. The average Bonchev–Trinajstić information content (AvgIpc) is 3.04. The zero-order valence-corrected chi connectivity index (χ0v) is 13.1. The number of non-ortho nitro benzene ring substituents is 2. The normalized spacial score (nSPS) is 15.0. The Morgan fingerprint density at radius 3 is 2.42 bits per heavy atom. The molecule has 10 heteroatoms. The molecule has 0 spiro atoms. The smallest absolute Gasteiger partial charge is 0.267 e. The van der Waals surface area contributed by atoms with E-state index in [-0.39, 0.29) is 11.5 Å². The molecule has 1 heterocycles. The minimum Gasteiger partial charge on any atom is -0.267 e. The second-order valence-corrected chi connectivity index (χ2v) is 5.33. The molecule has 0 radical (unpaired) electrons. The maximum Gasteiger partial charge on any atom is 0.277 e. The summed E-state index contributed by atoms with van der Waals surface area (Å²) in [5, 5.41) is 25.5. The molecule has 2 aromatic rings. The highest BCUT2D eigenvalue weighted by Crippen LogP contribution is 2.30. The Morgan fingerprint density at radius 1 is 1.12 bits per heavy atom. The number of rotatable bonds is 5. The Kier molecular flexibility index (Phi) is 4.48. The lowest BCUT2D eigenvalue weighted by atomic mass is 10.0. The first-order chi connectivity index (χ1) is 12.5. The van der Waals surface area contributed by atoms with Gasteiger partial charge in [-0.2, -0.15) is 5.10 Å². The molecule has 1 amide bonds. The second-order valence-electron chi connectivity index (χ2n) is 5.33. The van der Waals surface area contributed by atoms with Crippen LogP contribution in [-0.2, 0) is 0 Å². The first-order valence-electron chi connectivity index (χ1n) is 7.36. The molecule has 2 aromatic carbocycles. The number of aliphatic imine (C=N–C) groups is 1. The van der Waals surface area contributed by atoms with Gasteiger partial charge in [0, 0.05) is 24.6 Å². The molecule has 130 valence electrons. The van der Waals surface area contributed by atoms with Gasteiger partial charge in [-0.05, 0) is 11.6 Å². The Hall–Kier alpha value is -3.95. The van der Waals surface area contributed by atoms with E-state index in [1.54, 1.807) is 6.21 Å². The van der Waals surface area contributed by atoms with Crippen LogP contribution in [-0.4, -0.2) is 28.2 Å². The number of benzene rings is 2. The Balaban J connectivity index is 1.76. The third-order valence-corrected chi connectivity index (χ3v) is 3.66. The van der Waals surface area contributed by atoms with E-state index in [0.717, 1.165) is 29.4 Å². The first kappa shape index (κ1) is 16.9. The van der Waals surface area contributed by atoms with Crippen molar-refractivity contribution in [3.05, 3.63) is 73.8 Å². The van der Waals surface area contributed by atoms with Gasteiger partial charge >= 0.3 is 0 Å². The number of para-hydroxylation sites is 1. The summed E-state index contributed by atoms with van der Waals surface area (Å²) >= 11 is 0. The van der Waals surface area contributed by atoms with Crippen molar-refractivity contribution in [2.75, 3.05) is 0 Å². The summed E-state index contributed by atoms with van der Waals surface area (Å²) in [6.07, 6.45) is 3.12. The summed E-state index contributed by atoms with van der Waals surface area (Å²) in [5.41, 5.74) is 2.62. The van der Waals surface area contributed by atoms with E-state index in [4.69, 9.17) is 0 Å². The van der Waals surface area contributed by atoms with Gasteiger partial charge in [-0.15, -0.1) is 0 Å². The molecule has 0 fully saturated rings. The summed E-state index contributed by atoms with van der Waals surface area (Å²) in [6.45, 7) is 0. The number of nitro benzene ring substituents is 2. The van der Waals surface area contributed by atoms with Crippen molar-refractivity contribution in [1.29, 1.82) is 0 Å². The minimum absolute atomic E-state index is 0.217. The molecule has 0 bridgehead atoms. The second kappa shape index (κ2) is 6.89. The fourth-order valence-electron chi connectivity index (χ4n) is 2.42. The number of carbonyl (C=O) groups is 1. The predicted octanol–water partition coefficient (Wildman–Crippen LogP) is 2.72. The molecule has 1 N–H and O–H groups in total. The Labute approximate surface area is 146 Å². The number of hydrogen-bond donors (Lipinski definition) is 1. The maximum atomic E-state index is 12.1. The van der Waals surface area contributed by atoms with Crippen molar-refractivity contribution in [2.24, 2.45) is 10.1 Å². The highest BCUT2D eigenvalue weighted by molar-refractivity contribution is 5.99. The van der Waals surface area contributed by atoms with Gasteiger partial charge in [0.1, 0.15) is 0 Å². The Bertz CT molecular complexity index is 937. The third kappa shape index (κ3) is 3.43. The highest BCUT2D eigenvalue weighted by Gasteiger charge is 2.20. The van der Waals surface area contributed by atoms with Gasteiger partial charge in [0.2, 0.25) is 0 Å². The van der Waals surface area contributed by atoms with E-state index in [2.05, 4.69) is 15.5 Å². The van der Waals surface area contributed by atoms with E-state index < -0.39 is 27.1 Å². The zero-order valence-electron chi connectivity index (χ0n) is 13.1. The van der Waals surface area contributed by atoms with Crippen molar-refractivity contribution in [3.8, 4) is 0 Å². The predicted molar refractivity (Wildman–Crippen MR) is 93.0 cm³/mol. The van der Waals surface area contributed by atoms with Gasteiger partial charge in [0.25, 0.3) is 17.3 Å². The highest BCUT2D eigenvalue weighted by atomic mass is 16.6. The number of nitro groups is 2. The molecule has 26 heavy (non-hydrogen) atoms. The van der Waals surface area contributed by atoms with Crippen LogP contribution in [0.5, 0.6) is 0 Å². The number of fused-ring (bicyclic) bond motifs is 1. The molecule has 1 aliphatic rings. The lowest BCUT2D eigenvalue weighted by molar-refractivity contribution is -0.394. The van der Waals surface area contributed by atoms with Crippen LogP contribution in [0.2, 0.25) is 0 Å². The monoisotopic (exact) mass is 353 g/mol. The molecule has 1 aliphatic heterocycles. The van der Waals surface area contributed by atoms with Gasteiger partial charge in [-0.1, -0.05) is 18.2 Å². The molecule has 1 unspecified atom stereocenters.